The monoisotopic (exact) mass is 403 g/mol. The van der Waals surface area contributed by atoms with Gasteiger partial charge in [0.25, 0.3) is 0 Å². The maximum Gasteiger partial charge on any atom is 0.410 e. The maximum absolute atomic E-state index is 12.3. The van der Waals surface area contributed by atoms with E-state index in [2.05, 4.69) is 0 Å². The Labute approximate surface area is 178 Å². The van der Waals surface area contributed by atoms with E-state index < -0.39 is 5.60 Å². The molecule has 0 radical (unpaired) electrons. The van der Waals surface area contributed by atoms with Gasteiger partial charge in [-0.2, -0.15) is 0 Å². The zero-order valence-corrected chi connectivity index (χ0v) is 17.8. The minimum Gasteiger partial charge on any atom is -0.444 e. The highest BCUT2D eigenvalue weighted by atomic mass is 16.6. The smallest absolute Gasteiger partial charge is 0.410 e. The van der Waals surface area contributed by atoms with Crippen molar-refractivity contribution >= 4 is 17.5 Å². The SMILES string of the molecule is CC(C)(C)OC(=O)N1CC=C(/C(N)=C/C(=Nc2ccccc2)c2ccccc2)CC1. The van der Waals surface area contributed by atoms with Crippen LogP contribution in [0.3, 0.4) is 0 Å². The molecule has 0 saturated heterocycles. The normalized spacial score (nSPS) is 15.6. The minimum atomic E-state index is -0.501. The van der Waals surface area contributed by atoms with Gasteiger partial charge in [0.05, 0.1) is 11.4 Å². The van der Waals surface area contributed by atoms with Crippen molar-refractivity contribution in [1.29, 1.82) is 0 Å². The Morgan fingerprint density at radius 3 is 2.27 bits per heavy atom. The number of para-hydroxylation sites is 1. The number of rotatable bonds is 4. The van der Waals surface area contributed by atoms with Gasteiger partial charge in [-0.1, -0.05) is 54.6 Å². The van der Waals surface area contributed by atoms with Crippen LogP contribution in [0, 0.1) is 0 Å². The first-order valence-corrected chi connectivity index (χ1v) is 10.2. The summed E-state index contributed by atoms with van der Waals surface area (Å²) < 4.78 is 5.45. The van der Waals surface area contributed by atoms with Crippen LogP contribution >= 0.6 is 0 Å². The molecular formula is C25H29N3O2. The molecule has 0 bridgehead atoms. The van der Waals surface area contributed by atoms with Crippen LogP contribution in [0.15, 0.2) is 89.1 Å². The Bertz CT molecular complexity index is 955. The second kappa shape index (κ2) is 9.44. The Morgan fingerprint density at radius 2 is 1.70 bits per heavy atom. The third kappa shape index (κ3) is 6.08. The van der Waals surface area contributed by atoms with Crippen LogP contribution in [-0.4, -0.2) is 35.4 Å². The van der Waals surface area contributed by atoms with Gasteiger partial charge in [0, 0.05) is 24.4 Å². The summed E-state index contributed by atoms with van der Waals surface area (Å²) >= 11 is 0. The van der Waals surface area contributed by atoms with E-state index in [9.17, 15) is 4.79 Å². The molecule has 5 heteroatoms. The number of amides is 1. The third-order valence-electron chi connectivity index (χ3n) is 4.60. The lowest BCUT2D eigenvalue weighted by molar-refractivity contribution is 0.0266. The number of hydrogen-bond acceptors (Lipinski definition) is 4. The predicted octanol–water partition coefficient (Wildman–Crippen LogP) is 5.22. The Hall–Kier alpha value is -3.34. The molecule has 0 spiro atoms. The fourth-order valence-corrected chi connectivity index (χ4v) is 3.09. The van der Waals surface area contributed by atoms with Gasteiger partial charge in [-0.25, -0.2) is 9.79 Å². The van der Waals surface area contributed by atoms with Crippen molar-refractivity contribution in [3.05, 3.63) is 89.6 Å². The summed E-state index contributed by atoms with van der Waals surface area (Å²) in [6, 6.07) is 19.8. The summed E-state index contributed by atoms with van der Waals surface area (Å²) in [6.07, 6.45) is 4.28. The van der Waals surface area contributed by atoms with E-state index in [1.807, 2.05) is 93.6 Å². The van der Waals surface area contributed by atoms with Crippen LogP contribution in [0.25, 0.3) is 0 Å². The van der Waals surface area contributed by atoms with Gasteiger partial charge in [0.15, 0.2) is 0 Å². The van der Waals surface area contributed by atoms with Crippen LogP contribution in [0.4, 0.5) is 10.5 Å². The molecule has 1 heterocycles. The number of carbonyl (C=O) groups is 1. The number of hydrogen-bond donors (Lipinski definition) is 1. The first-order chi connectivity index (χ1) is 14.3. The number of nitrogens with two attached hydrogens (primary N) is 1. The summed E-state index contributed by atoms with van der Waals surface area (Å²) in [4.78, 5) is 18.8. The van der Waals surface area contributed by atoms with Crippen LogP contribution in [0.5, 0.6) is 0 Å². The van der Waals surface area contributed by atoms with Gasteiger partial charge in [-0.15, -0.1) is 0 Å². The Morgan fingerprint density at radius 1 is 1.07 bits per heavy atom. The van der Waals surface area contributed by atoms with Gasteiger partial charge in [0.1, 0.15) is 5.60 Å². The molecule has 156 valence electrons. The van der Waals surface area contributed by atoms with Crippen molar-refractivity contribution in [2.75, 3.05) is 13.1 Å². The highest BCUT2D eigenvalue weighted by Crippen LogP contribution is 2.20. The zero-order chi connectivity index (χ0) is 21.6. The van der Waals surface area contributed by atoms with Crippen LogP contribution in [0.1, 0.15) is 32.8 Å². The van der Waals surface area contributed by atoms with E-state index in [0.29, 0.717) is 25.2 Å². The molecule has 0 aliphatic carbocycles. The second-order valence-corrected chi connectivity index (χ2v) is 8.20. The maximum atomic E-state index is 12.3. The summed E-state index contributed by atoms with van der Waals surface area (Å²) in [5, 5.41) is 0. The lowest BCUT2D eigenvalue weighted by Crippen LogP contribution is -2.39. The molecule has 30 heavy (non-hydrogen) atoms. The molecule has 0 unspecified atom stereocenters. The highest BCUT2D eigenvalue weighted by Gasteiger charge is 2.24. The summed E-state index contributed by atoms with van der Waals surface area (Å²) in [5.74, 6) is 0. The molecule has 0 fully saturated rings. The summed E-state index contributed by atoms with van der Waals surface area (Å²) in [5.41, 5.74) is 10.3. The average Bonchev–Trinajstić information content (AvgIpc) is 2.73. The fourth-order valence-electron chi connectivity index (χ4n) is 3.09. The molecule has 1 amide bonds. The zero-order valence-electron chi connectivity index (χ0n) is 17.8. The molecule has 1 aliphatic heterocycles. The minimum absolute atomic E-state index is 0.295. The molecule has 2 aromatic rings. The molecule has 3 rings (SSSR count). The summed E-state index contributed by atoms with van der Waals surface area (Å²) in [6.45, 7) is 6.66. The summed E-state index contributed by atoms with van der Waals surface area (Å²) in [7, 11) is 0. The molecular weight excluding hydrogens is 374 g/mol. The number of allylic oxidation sites excluding steroid dienone is 2. The van der Waals surface area contributed by atoms with E-state index in [4.69, 9.17) is 15.5 Å². The molecule has 0 atom stereocenters. The topological polar surface area (TPSA) is 67.9 Å². The van der Waals surface area contributed by atoms with Gasteiger partial charge < -0.3 is 15.4 Å². The van der Waals surface area contributed by atoms with Crippen LogP contribution in [-0.2, 0) is 4.74 Å². The molecule has 2 aromatic carbocycles. The van der Waals surface area contributed by atoms with Crippen molar-refractivity contribution < 1.29 is 9.53 Å². The highest BCUT2D eigenvalue weighted by molar-refractivity contribution is 6.10. The Balaban J connectivity index is 1.81. The quantitative estimate of drug-likeness (QED) is 0.712. The first-order valence-electron chi connectivity index (χ1n) is 10.2. The molecule has 5 nitrogen and oxygen atoms in total. The van der Waals surface area contributed by atoms with Gasteiger partial charge >= 0.3 is 6.09 Å². The number of carbonyl (C=O) groups excluding carboxylic acids is 1. The van der Waals surface area contributed by atoms with Crippen molar-refractivity contribution in [1.82, 2.24) is 4.90 Å². The Kier molecular flexibility index (Phi) is 6.72. The van der Waals surface area contributed by atoms with Crippen molar-refractivity contribution in [3.8, 4) is 0 Å². The van der Waals surface area contributed by atoms with Gasteiger partial charge in [-0.3, -0.25) is 0 Å². The predicted molar refractivity (Wildman–Crippen MR) is 122 cm³/mol. The van der Waals surface area contributed by atoms with E-state index in [-0.39, 0.29) is 6.09 Å². The number of benzene rings is 2. The van der Waals surface area contributed by atoms with E-state index >= 15 is 0 Å². The fraction of sp³-hybridized carbons (Fsp3) is 0.280. The van der Waals surface area contributed by atoms with E-state index in [0.717, 1.165) is 22.5 Å². The molecule has 0 saturated carbocycles. The molecule has 0 aromatic heterocycles. The number of nitrogens with zero attached hydrogens (tertiary/aromatic N) is 2. The van der Waals surface area contributed by atoms with E-state index in [1.54, 1.807) is 4.90 Å². The largest absolute Gasteiger partial charge is 0.444 e. The van der Waals surface area contributed by atoms with Crippen LogP contribution in [0.2, 0.25) is 0 Å². The number of aliphatic imine (C=N–C) groups is 1. The third-order valence-corrected chi connectivity index (χ3v) is 4.60. The van der Waals surface area contributed by atoms with E-state index in [1.165, 1.54) is 0 Å². The lowest BCUT2D eigenvalue weighted by atomic mass is 10.0. The van der Waals surface area contributed by atoms with Crippen molar-refractivity contribution in [2.45, 2.75) is 32.8 Å². The average molecular weight is 404 g/mol. The van der Waals surface area contributed by atoms with Crippen molar-refractivity contribution in [2.24, 2.45) is 10.7 Å². The lowest BCUT2D eigenvalue weighted by Gasteiger charge is -2.29. The van der Waals surface area contributed by atoms with Gasteiger partial charge in [-0.05, 0) is 51.0 Å². The van der Waals surface area contributed by atoms with Crippen molar-refractivity contribution in [3.63, 3.8) is 0 Å². The standard InChI is InChI=1S/C25H29N3O2/c1-25(2,3)30-24(29)28-16-14-19(15-17-28)22(26)18-23(20-10-6-4-7-11-20)27-21-12-8-5-9-13-21/h4-14,18H,15-17,26H2,1-3H3/b22-18-,27-23?. The van der Waals surface area contributed by atoms with Crippen LogP contribution < -0.4 is 5.73 Å². The van der Waals surface area contributed by atoms with Gasteiger partial charge in [0.2, 0.25) is 0 Å². The molecule has 1 aliphatic rings. The first kappa shape index (κ1) is 21.4. The number of ether oxygens (including phenoxy) is 1. The molecule has 2 N–H and O–H groups in total. The second-order valence-electron chi connectivity index (χ2n) is 8.20.